The zero-order chi connectivity index (χ0) is 30.9. The van der Waals surface area contributed by atoms with Crippen LogP contribution in [-0.4, -0.2) is 62.0 Å². The summed E-state index contributed by atoms with van der Waals surface area (Å²) in [7, 11) is -1.91. The number of nitrogens with zero attached hydrogens (tertiary/aromatic N) is 2. The first-order valence-electron chi connectivity index (χ1n) is 15.5. The molecule has 0 atom stereocenters. The van der Waals surface area contributed by atoms with Crippen LogP contribution in [0.25, 0.3) is 0 Å². The van der Waals surface area contributed by atoms with Gasteiger partial charge in [0.15, 0.2) is 8.32 Å². The highest BCUT2D eigenvalue weighted by Gasteiger charge is 2.50. The van der Waals surface area contributed by atoms with Crippen molar-refractivity contribution in [2.75, 3.05) is 26.3 Å². The van der Waals surface area contributed by atoms with Gasteiger partial charge in [-0.1, -0.05) is 38.3 Å². The van der Waals surface area contributed by atoms with Gasteiger partial charge in [-0.05, 0) is 113 Å². The SMILES string of the molecule is CC(C)(C)N(CC#Cc1cc(C(=O)NCC23CC4CC(CC(C4)C2)C3)c(Cl)cn1)C(=O)OCCO[Si](C)(C)C(C)(C)C. The van der Waals surface area contributed by atoms with Crippen LogP contribution < -0.4 is 5.32 Å². The van der Waals surface area contributed by atoms with E-state index in [0.717, 1.165) is 17.8 Å². The lowest BCUT2D eigenvalue weighted by Gasteiger charge is -2.56. The third-order valence-electron chi connectivity index (χ3n) is 9.95. The lowest BCUT2D eigenvalue weighted by atomic mass is 9.49. The topological polar surface area (TPSA) is 80.8 Å². The van der Waals surface area contributed by atoms with E-state index in [9.17, 15) is 9.59 Å². The molecule has 4 saturated carbocycles. The van der Waals surface area contributed by atoms with Crippen molar-refractivity contribution in [2.45, 2.75) is 104 Å². The predicted molar refractivity (Wildman–Crippen MR) is 170 cm³/mol. The molecule has 0 aromatic carbocycles. The molecule has 1 aromatic rings. The Morgan fingerprint density at radius 2 is 1.67 bits per heavy atom. The van der Waals surface area contributed by atoms with Crippen molar-refractivity contribution in [3.63, 3.8) is 0 Å². The summed E-state index contributed by atoms with van der Waals surface area (Å²) >= 11 is 6.40. The quantitative estimate of drug-likeness (QED) is 0.189. The van der Waals surface area contributed by atoms with Crippen LogP contribution in [0, 0.1) is 35.0 Å². The molecule has 4 fully saturated rings. The van der Waals surface area contributed by atoms with E-state index in [2.05, 4.69) is 56.0 Å². The first-order valence-corrected chi connectivity index (χ1v) is 18.8. The zero-order valence-electron chi connectivity index (χ0n) is 26.9. The summed E-state index contributed by atoms with van der Waals surface area (Å²) in [6, 6.07) is 1.64. The van der Waals surface area contributed by atoms with Gasteiger partial charge in [-0.3, -0.25) is 9.69 Å². The van der Waals surface area contributed by atoms with E-state index in [0.29, 0.717) is 29.4 Å². The van der Waals surface area contributed by atoms with Gasteiger partial charge >= 0.3 is 6.09 Å². The molecule has 1 heterocycles. The second-order valence-corrected chi connectivity index (χ2v) is 20.6. The van der Waals surface area contributed by atoms with E-state index in [4.69, 9.17) is 20.8 Å². The van der Waals surface area contributed by atoms with Gasteiger partial charge in [-0.25, -0.2) is 9.78 Å². The van der Waals surface area contributed by atoms with Crippen molar-refractivity contribution in [2.24, 2.45) is 23.2 Å². The molecule has 5 rings (SSSR count). The monoisotopic (exact) mass is 615 g/mol. The molecule has 0 aliphatic heterocycles. The van der Waals surface area contributed by atoms with E-state index < -0.39 is 19.9 Å². The van der Waals surface area contributed by atoms with E-state index in [1.165, 1.54) is 44.7 Å². The number of hydrogen-bond donors (Lipinski definition) is 1. The second kappa shape index (κ2) is 12.5. The van der Waals surface area contributed by atoms with Crippen LogP contribution in [0.3, 0.4) is 0 Å². The lowest BCUT2D eigenvalue weighted by Crippen LogP contribution is -2.51. The number of rotatable bonds is 8. The van der Waals surface area contributed by atoms with Gasteiger partial charge in [0.25, 0.3) is 5.91 Å². The van der Waals surface area contributed by atoms with Gasteiger partial charge in [0.2, 0.25) is 0 Å². The Hall–Kier alpha value is -2.08. The molecule has 0 unspecified atom stereocenters. The Morgan fingerprint density at radius 1 is 1.07 bits per heavy atom. The van der Waals surface area contributed by atoms with E-state index >= 15 is 0 Å². The van der Waals surface area contributed by atoms with Gasteiger partial charge in [0.05, 0.1) is 23.7 Å². The summed E-state index contributed by atoms with van der Waals surface area (Å²) in [5.74, 6) is 8.38. The normalized spacial score (nSPS) is 25.0. The molecule has 4 aliphatic rings. The summed E-state index contributed by atoms with van der Waals surface area (Å²) in [4.78, 5) is 32.0. The number of ether oxygens (including phenoxy) is 1. The van der Waals surface area contributed by atoms with Crippen LogP contribution in [0.15, 0.2) is 12.3 Å². The highest BCUT2D eigenvalue weighted by atomic mass is 35.5. The molecule has 7 nitrogen and oxygen atoms in total. The van der Waals surface area contributed by atoms with Crippen molar-refractivity contribution in [3.8, 4) is 11.8 Å². The molecule has 42 heavy (non-hydrogen) atoms. The van der Waals surface area contributed by atoms with E-state index in [1.54, 1.807) is 11.0 Å². The number of carbonyl (C=O) groups excluding carboxylic acids is 2. The second-order valence-electron chi connectivity index (χ2n) is 15.4. The minimum atomic E-state index is -1.91. The molecule has 4 aliphatic carbocycles. The average Bonchev–Trinajstić information content (AvgIpc) is 2.86. The molecule has 232 valence electrons. The molecule has 1 aromatic heterocycles. The summed E-state index contributed by atoms with van der Waals surface area (Å²) in [6.45, 7) is 18.1. The van der Waals surface area contributed by atoms with Crippen molar-refractivity contribution in [1.29, 1.82) is 0 Å². The van der Waals surface area contributed by atoms with E-state index in [-0.39, 0.29) is 29.5 Å². The Morgan fingerprint density at radius 3 is 2.21 bits per heavy atom. The minimum absolute atomic E-state index is 0.0920. The lowest BCUT2D eigenvalue weighted by molar-refractivity contribution is -0.0503. The van der Waals surface area contributed by atoms with Crippen LogP contribution in [0.2, 0.25) is 23.2 Å². The van der Waals surface area contributed by atoms with Crippen molar-refractivity contribution < 1.29 is 18.8 Å². The van der Waals surface area contributed by atoms with E-state index in [1.807, 2.05) is 20.8 Å². The van der Waals surface area contributed by atoms with Crippen LogP contribution in [0.5, 0.6) is 0 Å². The highest BCUT2D eigenvalue weighted by molar-refractivity contribution is 6.74. The number of hydrogen-bond acceptors (Lipinski definition) is 5. The van der Waals surface area contributed by atoms with Crippen molar-refractivity contribution >= 4 is 31.9 Å². The van der Waals surface area contributed by atoms with Crippen LogP contribution >= 0.6 is 11.6 Å². The molecule has 1 N–H and O–H groups in total. The largest absolute Gasteiger partial charge is 0.447 e. The smallest absolute Gasteiger partial charge is 0.411 e. The first-order chi connectivity index (χ1) is 19.5. The van der Waals surface area contributed by atoms with Gasteiger partial charge in [0.1, 0.15) is 12.3 Å². The fourth-order valence-corrected chi connectivity index (χ4v) is 8.27. The number of halogens is 1. The molecule has 9 heteroatoms. The number of amides is 2. The summed E-state index contributed by atoms with van der Waals surface area (Å²) in [5, 5.41) is 3.60. The van der Waals surface area contributed by atoms with Gasteiger partial charge in [-0.2, -0.15) is 0 Å². The maximum absolute atomic E-state index is 13.2. The van der Waals surface area contributed by atoms with Crippen molar-refractivity contribution in [3.05, 3.63) is 28.5 Å². The standard InChI is InChI=1S/C33H50ClN3O4Si/c1-31(2,3)37(30(39)40-12-13-41-42(7,8)32(4,5)6)11-9-10-26-17-27(28(34)21-35-26)29(38)36-22-33-18-23-14-24(19-33)16-25(15-23)20-33/h17,21,23-25H,11-16,18-20,22H2,1-8H3,(H,36,38). The summed E-state index contributed by atoms with van der Waals surface area (Å²) in [5.41, 5.74) is 0.565. The molecular formula is C33H50ClN3O4Si. The number of nitrogens with one attached hydrogen (secondary N) is 1. The molecule has 0 saturated heterocycles. The Bertz CT molecular complexity index is 1190. The number of aromatic nitrogens is 1. The maximum atomic E-state index is 13.2. The number of pyridine rings is 1. The third-order valence-corrected chi connectivity index (χ3v) is 14.8. The summed E-state index contributed by atoms with van der Waals surface area (Å²) < 4.78 is 11.7. The third kappa shape index (κ3) is 7.89. The fourth-order valence-electron chi connectivity index (χ4n) is 7.06. The molecule has 4 bridgehead atoms. The Balaban J connectivity index is 1.33. The van der Waals surface area contributed by atoms with Gasteiger partial charge in [-0.15, -0.1) is 0 Å². The zero-order valence-corrected chi connectivity index (χ0v) is 28.6. The first kappa shape index (κ1) is 32.8. The Labute approximate surface area is 259 Å². The summed E-state index contributed by atoms with van der Waals surface area (Å²) in [6.07, 6.45) is 8.86. The molecular weight excluding hydrogens is 566 g/mol. The highest BCUT2D eigenvalue weighted by Crippen LogP contribution is 2.59. The van der Waals surface area contributed by atoms with Crippen LogP contribution in [0.1, 0.15) is 96.1 Å². The van der Waals surface area contributed by atoms with Gasteiger partial charge in [0, 0.05) is 18.3 Å². The Kier molecular flexibility index (Phi) is 9.76. The predicted octanol–water partition coefficient (Wildman–Crippen LogP) is 7.29. The fraction of sp³-hybridized carbons (Fsp3) is 0.727. The van der Waals surface area contributed by atoms with Gasteiger partial charge < -0.3 is 14.5 Å². The molecule has 0 spiro atoms. The maximum Gasteiger partial charge on any atom is 0.411 e. The van der Waals surface area contributed by atoms with Crippen LogP contribution in [-0.2, 0) is 9.16 Å². The molecule has 0 radical (unpaired) electrons. The van der Waals surface area contributed by atoms with Crippen molar-refractivity contribution in [1.82, 2.24) is 15.2 Å². The number of carbonyl (C=O) groups is 2. The van der Waals surface area contributed by atoms with Crippen LogP contribution in [0.4, 0.5) is 4.79 Å². The average molecular weight is 616 g/mol. The molecule has 2 amide bonds. The minimum Gasteiger partial charge on any atom is -0.447 e.